The number of anilines is 1. The number of fused-ring (bicyclic) bond motifs is 1. The second-order valence-electron chi connectivity index (χ2n) is 6.65. The van der Waals surface area contributed by atoms with Crippen LogP contribution in [0.5, 0.6) is 0 Å². The molecule has 148 valence electrons. The molecule has 3 aromatic rings. The van der Waals surface area contributed by atoms with E-state index >= 15 is 0 Å². The Morgan fingerprint density at radius 3 is 2.79 bits per heavy atom. The van der Waals surface area contributed by atoms with Crippen LogP contribution < -0.4 is 5.32 Å². The highest BCUT2D eigenvalue weighted by atomic mass is 16.6. The molecule has 4 rings (SSSR count). The van der Waals surface area contributed by atoms with Crippen molar-refractivity contribution in [3.63, 3.8) is 0 Å². The van der Waals surface area contributed by atoms with E-state index in [0.29, 0.717) is 39.7 Å². The van der Waals surface area contributed by atoms with Gasteiger partial charge in [0, 0.05) is 36.4 Å². The molecule has 0 aliphatic carbocycles. The van der Waals surface area contributed by atoms with E-state index in [-0.39, 0.29) is 5.69 Å². The van der Waals surface area contributed by atoms with Crippen molar-refractivity contribution in [3.05, 3.63) is 75.2 Å². The van der Waals surface area contributed by atoms with Gasteiger partial charge in [-0.3, -0.25) is 14.8 Å². The van der Waals surface area contributed by atoms with Crippen molar-refractivity contribution in [1.82, 2.24) is 9.78 Å². The van der Waals surface area contributed by atoms with Gasteiger partial charge in [-0.05, 0) is 24.6 Å². The number of aryl methyl sites for hydroxylation is 1. The number of ether oxygens (including phenoxy) is 1. The maximum Gasteiger partial charge on any atom is 0.336 e. The van der Waals surface area contributed by atoms with Crippen LogP contribution in [-0.2, 0) is 16.6 Å². The number of nitrogens with zero attached hydrogens (tertiary/aromatic N) is 3. The summed E-state index contributed by atoms with van der Waals surface area (Å²) < 4.78 is 12.2. The number of hydrogen-bond acceptors (Lipinski definition) is 7. The predicted octanol–water partition coefficient (Wildman–Crippen LogP) is 3.59. The van der Waals surface area contributed by atoms with Crippen molar-refractivity contribution in [2.45, 2.75) is 12.8 Å². The summed E-state index contributed by atoms with van der Waals surface area (Å²) in [5.74, 6) is 0.0692. The zero-order chi connectivity index (χ0) is 20.7. The standard InChI is InChI=1S/C20H18N4O5/c1-11-15(20(25)28-3)16(12-6-4-7-13(10-12)24(26)27)17-18(14-8-5-9-29-14)22-23(2)19(17)21-11/h4-10,16,21H,1-3H3. The van der Waals surface area contributed by atoms with E-state index in [4.69, 9.17) is 9.15 Å². The van der Waals surface area contributed by atoms with Gasteiger partial charge in [-0.25, -0.2) is 4.79 Å². The Labute approximate surface area is 165 Å². The minimum Gasteiger partial charge on any atom is -0.466 e. The maximum atomic E-state index is 12.7. The summed E-state index contributed by atoms with van der Waals surface area (Å²) in [5.41, 5.74) is 2.71. The molecule has 1 aliphatic rings. The van der Waals surface area contributed by atoms with E-state index in [1.54, 1.807) is 42.9 Å². The molecule has 2 aromatic heterocycles. The first-order valence-electron chi connectivity index (χ1n) is 8.83. The van der Waals surface area contributed by atoms with E-state index in [0.717, 1.165) is 0 Å². The zero-order valence-corrected chi connectivity index (χ0v) is 16.0. The third kappa shape index (κ3) is 2.96. The largest absolute Gasteiger partial charge is 0.466 e. The second-order valence-corrected chi connectivity index (χ2v) is 6.65. The van der Waals surface area contributed by atoms with Gasteiger partial charge in [-0.2, -0.15) is 5.10 Å². The van der Waals surface area contributed by atoms with Crippen LogP contribution in [0.15, 0.2) is 58.3 Å². The van der Waals surface area contributed by atoms with Gasteiger partial charge in [0.05, 0.1) is 23.9 Å². The Kier molecular flexibility index (Phi) is 4.42. The molecule has 1 N–H and O–H groups in total. The van der Waals surface area contributed by atoms with E-state index in [9.17, 15) is 14.9 Å². The summed E-state index contributed by atoms with van der Waals surface area (Å²) in [7, 11) is 3.08. The predicted molar refractivity (Wildman–Crippen MR) is 104 cm³/mol. The first-order valence-corrected chi connectivity index (χ1v) is 8.83. The molecule has 1 aliphatic heterocycles. The van der Waals surface area contributed by atoms with Crippen LogP contribution in [0.3, 0.4) is 0 Å². The van der Waals surface area contributed by atoms with Gasteiger partial charge < -0.3 is 14.5 Å². The molecule has 0 spiro atoms. The fraction of sp³-hybridized carbons (Fsp3) is 0.200. The van der Waals surface area contributed by atoms with Crippen molar-refractivity contribution in [1.29, 1.82) is 0 Å². The van der Waals surface area contributed by atoms with Crippen LogP contribution in [0.4, 0.5) is 11.5 Å². The maximum absolute atomic E-state index is 12.7. The van der Waals surface area contributed by atoms with E-state index in [2.05, 4.69) is 10.4 Å². The van der Waals surface area contributed by atoms with Crippen molar-refractivity contribution in [3.8, 4) is 11.5 Å². The summed E-state index contributed by atoms with van der Waals surface area (Å²) in [6, 6.07) is 9.75. The highest BCUT2D eigenvalue weighted by Crippen LogP contribution is 2.46. The number of methoxy groups -OCH3 is 1. The van der Waals surface area contributed by atoms with Crippen molar-refractivity contribution in [2.24, 2.45) is 7.05 Å². The molecule has 0 saturated heterocycles. The summed E-state index contributed by atoms with van der Waals surface area (Å²) in [6.07, 6.45) is 1.54. The van der Waals surface area contributed by atoms with Gasteiger partial charge in [0.1, 0.15) is 11.5 Å². The topological polar surface area (TPSA) is 112 Å². The van der Waals surface area contributed by atoms with Crippen LogP contribution in [0, 0.1) is 10.1 Å². The molecule has 0 amide bonds. The Hall–Kier alpha value is -3.88. The minimum atomic E-state index is -0.618. The lowest BCUT2D eigenvalue weighted by Gasteiger charge is -2.28. The molecular formula is C20H18N4O5. The lowest BCUT2D eigenvalue weighted by Crippen LogP contribution is -2.24. The lowest BCUT2D eigenvalue weighted by molar-refractivity contribution is -0.384. The lowest BCUT2D eigenvalue weighted by atomic mass is 9.81. The quantitative estimate of drug-likeness (QED) is 0.409. The summed E-state index contributed by atoms with van der Waals surface area (Å²) in [4.78, 5) is 23.6. The highest BCUT2D eigenvalue weighted by molar-refractivity contribution is 5.95. The highest BCUT2D eigenvalue weighted by Gasteiger charge is 2.38. The van der Waals surface area contributed by atoms with Crippen LogP contribution in [0.2, 0.25) is 0 Å². The number of nitrogens with one attached hydrogen (secondary N) is 1. The number of nitro benzene ring substituents is 1. The number of aromatic nitrogens is 2. The molecular weight excluding hydrogens is 376 g/mol. The van der Waals surface area contributed by atoms with Crippen LogP contribution >= 0.6 is 0 Å². The Bertz CT molecular complexity index is 1140. The van der Waals surface area contributed by atoms with Gasteiger partial charge in [-0.15, -0.1) is 0 Å². The third-order valence-electron chi connectivity index (χ3n) is 4.95. The molecule has 0 saturated carbocycles. The number of rotatable bonds is 4. The minimum absolute atomic E-state index is 0.0621. The first-order chi connectivity index (χ1) is 13.9. The number of esters is 1. The number of carbonyl (C=O) groups excluding carboxylic acids is 1. The average Bonchev–Trinajstić information content (AvgIpc) is 3.35. The van der Waals surface area contributed by atoms with Gasteiger partial charge in [-0.1, -0.05) is 12.1 Å². The monoisotopic (exact) mass is 394 g/mol. The number of allylic oxidation sites excluding steroid dienone is 1. The number of furan rings is 1. The van der Waals surface area contributed by atoms with Crippen molar-refractivity contribution < 1.29 is 18.9 Å². The number of benzene rings is 1. The van der Waals surface area contributed by atoms with Gasteiger partial charge in [0.25, 0.3) is 5.69 Å². The van der Waals surface area contributed by atoms with Crippen LogP contribution in [-0.4, -0.2) is 27.8 Å². The summed E-state index contributed by atoms with van der Waals surface area (Å²) in [5, 5.41) is 19.1. The zero-order valence-electron chi connectivity index (χ0n) is 16.0. The molecule has 1 atom stereocenters. The number of hydrogen-bond donors (Lipinski definition) is 1. The SMILES string of the molecule is COC(=O)C1=C(C)Nc2c(c(-c3ccco3)nn2C)C1c1cccc([N+](=O)[O-])c1. The Balaban J connectivity index is 2.01. The van der Waals surface area contributed by atoms with E-state index < -0.39 is 16.8 Å². The number of carbonyl (C=O) groups is 1. The summed E-state index contributed by atoms with van der Waals surface area (Å²) >= 11 is 0. The second kappa shape index (κ2) is 6.93. The molecule has 0 radical (unpaired) electrons. The van der Waals surface area contributed by atoms with E-state index in [1.165, 1.54) is 25.5 Å². The normalized spacial score (nSPS) is 15.6. The van der Waals surface area contributed by atoms with Crippen molar-refractivity contribution >= 4 is 17.5 Å². The number of non-ortho nitro benzene ring substituents is 1. The number of nitro groups is 1. The van der Waals surface area contributed by atoms with Crippen LogP contribution in [0.1, 0.15) is 24.0 Å². The Morgan fingerprint density at radius 2 is 2.14 bits per heavy atom. The molecule has 0 fully saturated rings. The average molecular weight is 394 g/mol. The van der Waals surface area contributed by atoms with E-state index in [1.807, 2.05) is 0 Å². The van der Waals surface area contributed by atoms with Crippen molar-refractivity contribution in [2.75, 3.05) is 12.4 Å². The molecule has 0 bridgehead atoms. The molecule has 29 heavy (non-hydrogen) atoms. The molecule has 1 aromatic carbocycles. The fourth-order valence-electron chi connectivity index (χ4n) is 3.70. The Morgan fingerprint density at radius 1 is 1.34 bits per heavy atom. The van der Waals surface area contributed by atoms with Gasteiger partial charge >= 0.3 is 5.97 Å². The van der Waals surface area contributed by atoms with Gasteiger partial charge in [0.2, 0.25) is 0 Å². The third-order valence-corrected chi connectivity index (χ3v) is 4.95. The molecule has 3 heterocycles. The van der Waals surface area contributed by atoms with Crippen LogP contribution in [0.25, 0.3) is 11.5 Å². The van der Waals surface area contributed by atoms with Gasteiger partial charge in [0.15, 0.2) is 5.76 Å². The smallest absolute Gasteiger partial charge is 0.336 e. The molecule has 9 nitrogen and oxygen atoms in total. The molecule has 1 unspecified atom stereocenters. The summed E-state index contributed by atoms with van der Waals surface area (Å²) in [6.45, 7) is 1.76. The first kappa shape index (κ1) is 18.5. The fourth-order valence-corrected chi connectivity index (χ4v) is 3.70. The molecule has 9 heteroatoms.